The highest BCUT2D eigenvalue weighted by Gasteiger charge is 2.04. The summed E-state index contributed by atoms with van der Waals surface area (Å²) >= 11 is 0. The van der Waals surface area contributed by atoms with Crippen LogP contribution in [0.15, 0.2) is 73.1 Å². The average molecular weight is 317 g/mol. The number of benzene rings is 2. The first-order valence-corrected chi connectivity index (χ1v) is 7.81. The minimum Gasteiger partial charge on any atom is -0.399 e. The van der Waals surface area contributed by atoms with Crippen LogP contribution < -0.4 is 11.1 Å². The topological polar surface area (TPSA) is 68.0 Å². The van der Waals surface area contributed by atoms with Gasteiger partial charge in [-0.25, -0.2) is 0 Å². The molecule has 1 amide bonds. The zero-order valence-electron chi connectivity index (χ0n) is 13.3. The van der Waals surface area contributed by atoms with Crippen molar-refractivity contribution in [1.82, 2.24) is 4.98 Å². The first-order chi connectivity index (χ1) is 11.7. The third-order valence-corrected chi connectivity index (χ3v) is 3.74. The van der Waals surface area contributed by atoms with Crippen LogP contribution in [0, 0.1) is 0 Å². The van der Waals surface area contributed by atoms with Gasteiger partial charge in [-0.3, -0.25) is 9.78 Å². The maximum absolute atomic E-state index is 12.1. The van der Waals surface area contributed by atoms with Crippen molar-refractivity contribution >= 4 is 17.3 Å². The van der Waals surface area contributed by atoms with Crippen molar-refractivity contribution in [3.8, 4) is 0 Å². The maximum atomic E-state index is 12.1. The van der Waals surface area contributed by atoms with Crippen molar-refractivity contribution in [2.75, 3.05) is 11.1 Å². The number of anilines is 2. The van der Waals surface area contributed by atoms with E-state index in [1.54, 1.807) is 24.5 Å². The van der Waals surface area contributed by atoms with Crippen molar-refractivity contribution in [2.24, 2.45) is 0 Å². The number of pyridine rings is 1. The molecule has 24 heavy (non-hydrogen) atoms. The monoisotopic (exact) mass is 317 g/mol. The summed E-state index contributed by atoms with van der Waals surface area (Å²) in [7, 11) is 0. The maximum Gasteiger partial charge on any atom is 0.228 e. The Labute approximate surface area is 141 Å². The Bertz CT molecular complexity index is 797. The van der Waals surface area contributed by atoms with E-state index in [2.05, 4.69) is 10.3 Å². The van der Waals surface area contributed by atoms with Crippen LogP contribution in [0.2, 0.25) is 0 Å². The van der Waals surface area contributed by atoms with Crippen LogP contribution in [0.5, 0.6) is 0 Å². The van der Waals surface area contributed by atoms with Crippen LogP contribution in [-0.4, -0.2) is 10.9 Å². The lowest BCUT2D eigenvalue weighted by atomic mass is 10.1. The molecule has 0 aliphatic carbocycles. The highest BCUT2D eigenvalue weighted by atomic mass is 16.1. The zero-order chi connectivity index (χ0) is 16.8. The molecule has 3 aromatic rings. The predicted octanol–water partition coefficient (Wildman–Crippen LogP) is 3.44. The van der Waals surface area contributed by atoms with Gasteiger partial charge >= 0.3 is 0 Å². The van der Waals surface area contributed by atoms with Gasteiger partial charge in [-0.2, -0.15) is 0 Å². The molecule has 3 N–H and O–H groups in total. The predicted molar refractivity (Wildman–Crippen MR) is 96.7 cm³/mol. The number of hydrogen-bond acceptors (Lipinski definition) is 3. The first-order valence-electron chi connectivity index (χ1n) is 7.81. The zero-order valence-corrected chi connectivity index (χ0v) is 13.3. The fourth-order valence-electron chi connectivity index (χ4n) is 2.47. The third-order valence-electron chi connectivity index (χ3n) is 3.74. The van der Waals surface area contributed by atoms with Crippen LogP contribution in [0.25, 0.3) is 0 Å². The number of amides is 1. The van der Waals surface area contributed by atoms with Gasteiger partial charge in [-0.05, 0) is 59.5 Å². The molecule has 0 spiro atoms. The summed E-state index contributed by atoms with van der Waals surface area (Å²) in [6, 6.07) is 19.3. The largest absolute Gasteiger partial charge is 0.399 e. The van der Waals surface area contributed by atoms with Gasteiger partial charge in [0.2, 0.25) is 5.91 Å². The van der Waals surface area contributed by atoms with E-state index in [-0.39, 0.29) is 5.91 Å². The fraction of sp³-hybridized carbons (Fsp3) is 0.100. The summed E-state index contributed by atoms with van der Waals surface area (Å²) in [4.78, 5) is 16.1. The van der Waals surface area contributed by atoms with Gasteiger partial charge in [-0.15, -0.1) is 0 Å². The molecule has 0 fully saturated rings. The van der Waals surface area contributed by atoms with Crippen molar-refractivity contribution in [3.05, 3.63) is 89.7 Å². The molecule has 4 nitrogen and oxygen atoms in total. The third kappa shape index (κ3) is 4.43. The minimum absolute atomic E-state index is 0.0401. The SMILES string of the molecule is Nc1ccc(CC(=O)Nc2ccc(Cc3ccncc3)cc2)cc1. The molecule has 3 rings (SSSR count). The van der Waals surface area contributed by atoms with E-state index in [4.69, 9.17) is 5.73 Å². The van der Waals surface area contributed by atoms with E-state index >= 15 is 0 Å². The summed E-state index contributed by atoms with van der Waals surface area (Å²) in [5.41, 5.74) is 10.5. The summed E-state index contributed by atoms with van der Waals surface area (Å²) in [5, 5.41) is 2.92. The number of hydrogen-bond donors (Lipinski definition) is 2. The Kier molecular flexibility index (Phi) is 4.87. The first kappa shape index (κ1) is 15.7. The average Bonchev–Trinajstić information content (AvgIpc) is 2.60. The molecule has 1 heterocycles. The lowest BCUT2D eigenvalue weighted by Crippen LogP contribution is -2.14. The van der Waals surface area contributed by atoms with Crippen molar-refractivity contribution in [1.29, 1.82) is 0 Å². The lowest BCUT2D eigenvalue weighted by Gasteiger charge is -2.07. The van der Waals surface area contributed by atoms with Gasteiger partial charge in [0.1, 0.15) is 0 Å². The number of nitrogen functional groups attached to an aromatic ring is 1. The highest BCUT2D eigenvalue weighted by molar-refractivity contribution is 5.92. The molecule has 0 unspecified atom stereocenters. The molecular formula is C20H19N3O. The number of carbonyl (C=O) groups is 1. The Balaban J connectivity index is 1.57. The van der Waals surface area contributed by atoms with Crippen LogP contribution in [-0.2, 0) is 17.6 Å². The lowest BCUT2D eigenvalue weighted by molar-refractivity contribution is -0.115. The van der Waals surface area contributed by atoms with E-state index in [1.807, 2.05) is 48.5 Å². The molecule has 0 bridgehead atoms. The quantitative estimate of drug-likeness (QED) is 0.708. The van der Waals surface area contributed by atoms with Gasteiger partial charge in [-0.1, -0.05) is 24.3 Å². The molecule has 4 heteroatoms. The number of carbonyl (C=O) groups excluding carboxylic acids is 1. The van der Waals surface area contributed by atoms with Crippen LogP contribution in [0.1, 0.15) is 16.7 Å². The van der Waals surface area contributed by atoms with E-state index in [0.29, 0.717) is 12.1 Å². The van der Waals surface area contributed by atoms with Crippen LogP contribution >= 0.6 is 0 Å². The van der Waals surface area contributed by atoms with E-state index < -0.39 is 0 Å². The Morgan fingerprint density at radius 2 is 1.42 bits per heavy atom. The number of rotatable bonds is 5. The van der Waals surface area contributed by atoms with Gasteiger partial charge in [0.05, 0.1) is 6.42 Å². The normalized spacial score (nSPS) is 10.3. The van der Waals surface area contributed by atoms with Gasteiger partial charge in [0.25, 0.3) is 0 Å². The molecule has 1 aromatic heterocycles. The fourth-order valence-corrected chi connectivity index (χ4v) is 2.47. The second-order valence-corrected chi connectivity index (χ2v) is 5.70. The van der Waals surface area contributed by atoms with Crippen LogP contribution in [0.4, 0.5) is 11.4 Å². The van der Waals surface area contributed by atoms with Crippen molar-refractivity contribution < 1.29 is 4.79 Å². The summed E-state index contributed by atoms with van der Waals surface area (Å²) in [6.07, 6.45) is 4.77. The molecule has 0 saturated carbocycles. The van der Waals surface area contributed by atoms with Crippen LogP contribution in [0.3, 0.4) is 0 Å². The Morgan fingerprint density at radius 3 is 2.08 bits per heavy atom. The number of nitrogens with one attached hydrogen (secondary N) is 1. The molecule has 0 aliphatic rings. The Hall–Kier alpha value is -3.14. The van der Waals surface area contributed by atoms with Gasteiger partial charge in [0, 0.05) is 23.8 Å². The Morgan fingerprint density at radius 1 is 0.833 bits per heavy atom. The number of nitrogens with two attached hydrogens (primary N) is 1. The molecule has 0 atom stereocenters. The van der Waals surface area contributed by atoms with Crippen molar-refractivity contribution in [3.63, 3.8) is 0 Å². The van der Waals surface area contributed by atoms with Crippen molar-refractivity contribution in [2.45, 2.75) is 12.8 Å². The van der Waals surface area contributed by atoms with E-state index in [9.17, 15) is 4.79 Å². The number of aromatic nitrogens is 1. The molecule has 2 aromatic carbocycles. The molecule has 0 saturated heterocycles. The molecule has 0 aliphatic heterocycles. The van der Waals surface area contributed by atoms with E-state index in [0.717, 1.165) is 17.7 Å². The smallest absolute Gasteiger partial charge is 0.228 e. The highest BCUT2D eigenvalue weighted by Crippen LogP contribution is 2.14. The second kappa shape index (κ2) is 7.42. The summed E-state index contributed by atoms with van der Waals surface area (Å²) in [6.45, 7) is 0. The second-order valence-electron chi connectivity index (χ2n) is 5.70. The minimum atomic E-state index is -0.0401. The standard InChI is InChI=1S/C20H19N3O/c21-18-5-1-16(2-6-18)14-20(24)23-19-7-3-15(4-8-19)13-17-9-11-22-12-10-17/h1-12H,13-14,21H2,(H,23,24). The summed E-state index contributed by atoms with van der Waals surface area (Å²) < 4.78 is 0. The van der Waals surface area contributed by atoms with Gasteiger partial charge < -0.3 is 11.1 Å². The number of nitrogens with zero attached hydrogens (tertiary/aromatic N) is 1. The molecule has 0 radical (unpaired) electrons. The summed E-state index contributed by atoms with van der Waals surface area (Å²) in [5.74, 6) is -0.0401. The molecular weight excluding hydrogens is 298 g/mol. The van der Waals surface area contributed by atoms with Gasteiger partial charge in [0.15, 0.2) is 0 Å². The van der Waals surface area contributed by atoms with E-state index in [1.165, 1.54) is 11.1 Å². The molecule has 120 valence electrons.